The highest BCUT2D eigenvalue weighted by Crippen LogP contribution is 2.41. The first-order valence-corrected chi connectivity index (χ1v) is 8.14. The minimum Gasteiger partial charge on any atom is -0.390 e. The summed E-state index contributed by atoms with van der Waals surface area (Å²) in [6.07, 6.45) is -0.981. The SMILES string of the molecule is Cc1nccc(C[C@@H]2C[C@H]([C@H](O)c3ccc(F)c(F)c3)[C@@H](O)[C@H]2O)n1. The van der Waals surface area contributed by atoms with Crippen LogP contribution in [0.1, 0.15) is 29.6 Å². The lowest BCUT2D eigenvalue weighted by atomic mass is 9.91. The molecule has 5 nitrogen and oxygen atoms in total. The van der Waals surface area contributed by atoms with Crippen LogP contribution in [0.4, 0.5) is 8.78 Å². The number of aromatic nitrogens is 2. The summed E-state index contributed by atoms with van der Waals surface area (Å²) in [6.45, 7) is 1.76. The molecule has 1 aliphatic carbocycles. The smallest absolute Gasteiger partial charge is 0.159 e. The molecule has 7 heteroatoms. The van der Waals surface area contributed by atoms with Crippen molar-refractivity contribution < 1.29 is 24.1 Å². The van der Waals surface area contributed by atoms with Crippen molar-refractivity contribution in [1.82, 2.24) is 9.97 Å². The number of rotatable bonds is 4. The first-order valence-electron chi connectivity index (χ1n) is 8.14. The number of hydrogen-bond acceptors (Lipinski definition) is 5. The van der Waals surface area contributed by atoms with Crippen molar-refractivity contribution in [2.75, 3.05) is 0 Å². The van der Waals surface area contributed by atoms with E-state index in [1.807, 2.05) is 0 Å². The van der Waals surface area contributed by atoms with E-state index in [1.54, 1.807) is 19.2 Å². The Balaban J connectivity index is 1.75. The van der Waals surface area contributed by atoms with Gasteiger partial charge in [0.2, 0.25) is 0 Å². The molecule has 134 valence electrons. The fourth-order valence-electron chi connectivity index (χ4n) is 3.51. The van der Waals surface area contributed by atoms with Gasteiger partial charge in [0, 0.05) is 17.8 Å². The summed E-state index contributed by atoms with van der Waals surface area (Å²) >= 11 is 0. The van der Waals surface area contributed by atoms with Crippen molar-refractivity contribution in [3.8, 4) is 0 Å². The van der Waals surface area contributed by atoms with Crippen molar-refractivity contribution in [2.45, 2.75) is 38.1 Å². The molecule has 3 N–H and O–H groups in total. The van der Waals surface area contributed by atoms with E-state index in [-0.39, 0.29) is 11.5 Å². The van der Waals surface area contributed by atoms with Crippen molar-refractivity contribution in [2.24, 2.45) is 11.8 Å². The molecule has 0 radical (unpaired) electrons. The topological polar surface area (TPSA) is 86.5 Å². The molecule has 0 unspecified atom stereocenters. The summed E-state index contributed by atoms with van der Waals surface area (Å²) in [6, 6.07) is 4.88. The van der Waals surface area contributed by atoms with Crippen molar-refractivity contribution >= 4 is 0 Å². The number of benzene rings is 1. The number of halogens is 2. The zero-order valence-corrected chi connectivity index (χ0v) is 13.7. The van der Waals surface area contributed by atoms with E-state index < -0.39 is 35.9 Å². The second-order valence-electron chi connectivity index (χ2n) is 6.56. The minimum atomic E-state index is -1.20. The Morgan fingerprint density at radius 3 is 2.60 bits per heavy atom. The molecule has 3 rings (SSSR count). The van der Waals surface area contributed by atoms with Crippen LogP contribution in [0.25, 0.3) is 0 Å². The Morgan fingerprint density at radius 1 is 1.16 bits per heavy atom. The van der Waals surface area contributed by atoms with Gasteiger partial charge in [-0.1, -0.05) is 6.07 Å². The highest BCUT2D eigenvalue weighted by molar-refractivity contribution is 5.22. The summed E-state index contributed by atoms with van der Waals surface area (Å²) in [7, 11) is 0. The van der Waals surface area contributed by atoms with Crippen LogP contribution in [0, 0.1) is 30.4 Å². The van der Waals surface area contributed by atoms with Crippen LogP contribution >= 0.6 is 0 Å². The zero-order chi connectivity index (χ0) is 18.1. The number of aryl methyl sites for hydroxylation is 1. The summed E-state index contributed by atoms with van der Waals surface area (Å²) in [5.74, 6) is -2.41. The van der Waals surface area contributed by atoms with Crippen LogP contribution in [-0.2, 0) is 6.42 Å². The van der Waals surface area contributed by atoms with Gasteiger partial charge in [0.1, 0.15) is 5.82 Å². The molecule has 1 fully saturated rings. The molecule has 1 aliphatic rings. The van der Waals surface area contributed by atoms with Gasteiger partial charge in [-0.3, -0.25) is 0 Å². The third kappa shape index (κ3) is 3.68. The number of aliphatic hydroxyl groups excluding tert-OH is 3. The van der Waals surface area contributed by atoms with Gasteiger partial charge in [0.15, 0.2) is 11.6 Å². The quantitative estimate of drug-likeness (QED) is 0.781. The molecule has 25 heavy (non-hydrogen) atoms. The fourth-order valence-corrected chi connectivity index (χ4v) is 3.51. The molecular weight excluding hydrogens is 330 g/mol. The van der Waals surface area contributed by atoms with Crippen LogP contribution in [-0.4, -0.2) is 37.5 Å². The highest BCUT2D eigenvalue weighted by Gasteiger charge is 2.45. The van der Waals surface area contributed by atoms with Gasteiger partial charge in [-0.2, -0.15) is 0 Å². The molecule has 0 saturated heterocycles. The molecule has 2 aromatic rings. The number of hydrogen-bond donors (Lipinski definition) is 3. The molecule has 0 amide bonds. The molecule has 0 bridgehead atoms. The van der Waals surface area contributed by atoms with Gasteiger partial charge in [-0.25, -0.2) is 18.7 Å². The van der Waals surface area contributed by atoms with Crippen LogP contribution in [0.3, 0.4) is 0 Å². The minimum absolute atomic E-state index is 0.175. The average Bonchev–Trinajstić information content (AvgIpc) is 2.85. The van der Waals surface area contributed by atoms with Gasteiger partial charge in [-0.15, -0.1) is 0 Å². The molecule has 1 aromatic carbocycles. The number of nitrogens with zero attached hydrogens (tertiary/aromatic N) is 2. The maximum atomic E-state index is 13.4. The van der Waals surface area contributed by atoms with E-state index >= 15 is 0 Å². The second-order valence-corrected chi connectivity index (χ2v) is 6.56. The van der Waals surface area contributed by atoms with Crippen LogP contribution < -0.4 is 0 Å². The fraction of sp³-hybridized carbons (Fsp3) is 0.444. The first-order chi connectivity index (χ1) is 11.9. The third-order valence-corrected chi connectivity index (χ3v) is 4.84. The van der Waals surface area contributed by atoms with Gasteiger partial charge in [0.25, 0.3) is 0 Å². The van der Waals surface area contributed by atoms with Gasteiger partial charge >= 0.3 is 0 Å². The zero-order valence-electron chi connectivity index (χ0n) is 13.7. The molecule has 0 spiro atoms. The van der Waals surface area contributed by atoms with Gasteiger partial charge < -0.3 is 15.3 Å². The Kier molecular flexibility index (Phi) is 5.08. The maximum absolute atomic E-state index is 13.4. The standard InChI is InChI=1S/C18H20F2N2O3/c1-9-21-5-4-12(22-9)6-11-7-13(18(25)17(11)24)16(23)10-2-3-14(19)15(20)8-10/h2-5,8,11,13,16-18,23-25H,6-7H2,1H3/t11-,13-,16-,17+,18-/m1/s1. The van der Waals surface area contributed by atoms with Gasteiger partial charge in [-0.05, 0) is 49.4 Å². The van der Waals surface area contributed by atoms with E-state index in [1.165, 1.54) is 6.07 Å². The van der Waals surface area contributed by atoms with E-state index in [0.29, 0.717) is 18.7 Å². The normalized spacial score (nSPS) is 27.4. The molecule has 0 aliphatic heterocycles. The Hall–Kier alpha value is -1.96. The predicted octanol–water partition coefficient (Wildman–Crippen LogP) is 1.70. The predicted molar refractivity (Wildman–Crippen MR) is 85.4 cm³/mol. The molecule has 5 atom stereocenters. The van der Waals surface area contributed by atoms with Crippen LogP contribution in [0.5, 0.6) is 0 Å². The lowest BCUT2D eigenvalue weighted by Crippen LogP contribution is -2.31. The largest absolute Gasteiger partial charge is 0.390 e. The maximum Gasteiger partial charge on any atom is 0.159 e. The lowest BCUT2D eigenvalue weighted by molar-refractivity contribution is -0.0278. The van der Waals surface area contributed by atoms with Crippen molar-refractivity contribution in [3.63, 3.8) is 0 Å². The average molecular weight is 350 g/mol. The van der Waals surface area contributed by atoms with Crippen LogP contribution in [0.15, 0.2) is 30.5 Å². The third-order valence-electron chi connectivity index (χ3n) is 4.84. The molecule has 1 saturated carbocycles. The van der Waals surface area contributed by atoms with E-state index in [9.17, 15) is 24.1 Å². The monoisotopic (exact) mass is 350 g/mol. The lowest BCUT2D eigenvalue weighted by Gasteiger charge is -2.22. The van der Waals surface area contributed by atoms with Crippen molar-refractivity contribution in [1.29, 1.82) is 0 Å². The Bertz CT molecular complexity index is 759. The molecule has 1 aromatic heterocycles. The van der Waals surface area contributed by atoms with Gasteiger partial charge in [0.05, 0.1) is 18.3 Å². The van der Waals surface area contributed by atoms with E-state index in [0.717, 1.165) is 17.8 Å². The second kappa shape index (κ2) is 7.11. The highest BCUT2D eigenvalue weighted by atomic mass is 19.2. The van der Waals surface area contributed by atoms with E-state index in [2.05, 4.69) is 9.97 Å². The van der Waals surface area contributed by atoms with Crippen molar-refractivity contribution in [3.05, 3.63) is 59.2 Å². The Labute approximate surface area is 144 Å². The Morgan fingerprint density at radius 2 is 1.92 bits per heavy atom. The summed E-state index contributed by atoms with van der Waals surface area (Å²) < 4.78 is 26.4. The van der Waals surface area contributed by atoms with Crippen LogP contribution in [0.2, 0.25) is 0 Å². The first kappa shape index (κ1) is 17.8. The molecule has 1 heterocycles. The number of aliphatic hydroxyl groups is 3. The summed E-state index contributed by atoms with van der Waals surface area (Å²) in [4.78, 5) is 8.31. The molecular formula is C18H20F2N2O3. The summed E-state index contributed by atoms with van der Waals surface area (Å²) in [5, 5.41) is 31.1. The van der Waals surface area contributed by atoms with E-state index in [4.69, 9.17) is 0 Å². The summed E-state index contributed by atoms with van der Waals surface area (Å²) in [5.41, 5.74) is 0.917.